The van der Waals surface area contributed by atoms with E-state index in [4.69, 9.17) is 21.1 Å². The first kappa shape index (κ1) is 20.0. The number of carbonyl (C=O) groups is 1. The fourth-order valence-corrected chi connectivity index (χ4v) is 4.23. The molecule has 0 bridgehead atoms. The summed E-state index contributed by atoms with van der Waals surface area (Å²) in [6.07, 6.45) is -0.471. The fourth-order valence-electron chi connectivity index (χ4n) is 3.40. The number of hydrogen-bond acceptors (Lipinski definition) is 3. The molecule has 2 aromatic rings. The predicted molar refractivity (Wildman–Crippen MR) is 111 cm³/mol. The summed E-state index contributed by atoms with van der Waals surface area (Å²) >= 11 is 9.90. The second-order valence-corrected chi connectivity index (χ2v) is 8.91. The van der Waals surface area contributed by atoms with Gasteiger partial charge in [-0.05, 0) is 54.4 Å². The van der Waals surface area contributed by atoms with E-state index >= 15 is 0 Å². The quantitative estimate of drug-likeness (QED) is 0.619. The number of nitrogens with one attached hydrogen (secondary N) is 1. The van der Waals surface area contributed by atoms with Gasteiger partial charge in [-0.3, -0.25) is 0 Å². The van der Waals surface area contributed by atoms with Crippen LogP contribution in [-0.4, -0.2) is 18.2 Å². The van der Waals surface area contributed by atoms with Gasteiger partial charge in [0.05, 0.1) is 11.6 Å². The summed E-state index contributed by atoms with van der Waals surface area (Å²) in [5, 5.41) is 3.52. The average Bonchev–Trinajstić information content (AvgIpc) is 2.90. The molecule has 0 radical (unpaired) electrons. The Hall–Kier alpha value is -1.72. The maximum absolute atomic E-state index is 12.3. The summed E-state index contributed by atoms with van der Waals surface area (Å²) in [5.41, 5.74) is 0.657. The molecule has 0 spiro atoms. The van der Waals surface area contributed by atoms with Gasteiger partial charge in [-0.2, -0.15) is 0 Å². The zero-order chi connectivity index (χ0) is 19.8. The smallest absolute Gasteiger partial charge is 0.407 e. The Morgan fingerprint density at radius 2 is 1.93 bits per heavy atom. The van der Waals surface area contributed by atoms with Gasteiger partial charge in [0.15, 0.2) is 5.60 Å². The van der Waals surface area contributed by atoms with Gasteiger partial charge in [0.1, 0.15) is 11.4 Å². The van der Waals surface area contributed by atoms with Gasteiger partial charge in [0, 0.05) is 16.0 Å². The largest absolute Gasteiger partial charge is 0.480 e. The SMILES string of the molecule is C[C@H]1c2c(ccc(Cl)c2Br)O[C@@]1(CNC(=O)OC(C)(C)C)c1ccccc1. The number of hydrogen-bond donors (Lipinski definition) is 1. The van der Waals surface area contributed by atoms with Crippen molar-refractivity contribution in [2.75, 3.05) is 6.54 Å². The van der Waals surface area contributed by atoms with E-state index < -0.39 is 17.3 Å². The third-order valence-corrected chi connectivity index (χ3v) is 6.07. The number of fused-ring (bicyclic) bond motifs is 1. The lowest BCUT2D eigenvalue weighted by Gasteiger charge is -2.34. The predicted octanol–water partition coefficient (Wildman–Crippen LogP) is 6.02. The van der Waals surface area contributed by atoms with Crippen LogP contribution in [-0.2, 0) is 10.3 Å². The molecule has 2 aromatic carbocycles. The molecule has 0 unspecified atom stereocenters. The molecule has 6 heteroatoms. The van der Waals surface area contributed by atoms with Gasteiger partial charge >= 0.3 is 6.09 Å². The Bertz CT molecular complexity index is 850. The molecule has 1 heterocycles. The molecule has 0 aliphatic carbocycles. The van der Waals surface area contributed by atoms with Crippen molar-refractivity contribution in [3.63, 3.8) is 0 Å². The first-order valence-electron chi connectivity index (χ1n) is 8.83. The van der Waals surface area contributed by atoms with Crippen LogP contribution in [0, 0.1) is 0 Å². The van der Waals surface area contributed by atoms with Gasteiger partial charge in [0.25, 0.3) is 0 Å². The molecule has 27 heavy (non-hydrogen) atoms. The number of benzene rings is 2. The third-order valence-electron chi connectivity index (χ3n) is 4.67. The molecule has 0 aromatic heterocycles. The van der Waals surface area contributed by atoms with Crippen molar-refractivity contribution in [2.45, 2.75) is 44.8 Å². The molecule has 144 valence electrons. The molecular formula is C21H23BrClNO3. The Balaban J connectivity index is 1.97. The molecule has 0 fully saturated rings. The van der Waals surface area contributed by atoms with Crippen molar-refractivity contribution in [3.8, 4) is 5.75 Å². The average molecular weight is 453 g/mol. The molecule has 4 nitrogen and oxygen atoms in total. The second kappa shape index (κ2) is 7.36. The minimum atomic E-state index is -0.756. The molecule has 1 aliphatic heterocycles. The van der Waals surface area contributed by atoms with Gasteiger partial charge in [0.2, 0.25) is 0 Å². The second-order valence-electron chi connectivity index (χ2n) is 7.71. The van der Waals surface area contributed by atoms with Gasteiger partial charge in [-0.1, -0.05) is 48.9 Å². The fraction of sp³-hybridized carbons (Fsp3) is 0.381. The zero-order valence-electron chi connectivity index (χ0n) is 15.8. The van der Waals surface area contributed by atoms with E-state index in [0.717, 1.165) is 21.3 Å². The van der Waals surface area contributed by atoms with Crippen LogP contribution in [0.15, 0.2) is 46.9 Å². The minimum absolute atomic E-state index is 0.0436. The number of alkyl carbamates (subject to hydrolysis) is 1. The normalized spacial score (nSPS) is 21.3. The zero-order valence-corrected chi connectivity index (χ0v) is 18.1. The van der Waals surface area contributed by atoms with Crippen LogP contribution in [0.25, 0.3) is 0 Å². The molecule has 1 N–H and O–H groups in total. The maximum Gasteiger partial charge on any atom is 0.407 e. The van der Waals surface area contributed by atoms with Crippen LogP contribution in [0.3, 0.4) is 0 Å². The van der Waals surface area contributed by atoms with E-state index in [2.05, 4.69) is 28.2 Å². The van der Waals surface area contributed by atoms with Crippen molar-refractivity contribution in [2.24, 2.45) is 0 Å². The van der Waals surface area contributed by atoms with Crippen LogP contribution >= 0.6 is 27.5 Å². The number of amides is 1. The maximum atomic E-state index is 12.3. The van der Waals surface area contributed by atoms with Crippen molar-refractivity contribution in [3.05, 3.63) is 63.1 Å². The molecule has 2 atom stereocenters. The highest BCUT2D eigenvalue weighted by Gasteiger charge is 2.49. The number of rotatable bonds is 3. The van der Waals surface area contributed by atoms with Crippen LogP contribution in [0.5, 0.6) is 5.75 Å². The van der Waals surface area contributed by atoms with Crippen molar-refractivity contribution in [1.29, 1.82) is 0 Å². The summed E-state index contributed by atoms with van der Waals surface area (Å²) in [6.45, 7) is 7.86. The summed E-state index contributed by atoms with van der Waals surface area (Å²) in [5.74, 6) is 0.714. The number of ether oxygens (including phenoxy) is 2. The Morgan fingerprint density at radius 1 is 1.26 bits per heavy atom. The summed E-state index contributed by atoms with van der Waals surface area (Å²) < 4.78 is 12.7. The first-order valence-corrected chi connectivity index (χ1v) is 10.0. The molecule has 0 saturated carbocycles. The molecule has 3 rings (SSSR count). The van der Waals surface area contributed by atoms with Crippen LogP contribution in [0.1, 0.15) is 44.7 Å². The number of carbonyl (C=O) groups excluding carboxylic acids is 1. The third kappa shape index (κ3) is 3.94. The van der Waals surface area contributed by atoms with E-state index in [1.54, 1.807) is 6.07 Å². The van der Waals surface area contributed by atoms with E-state index in [-0.39, 0.29) is 12.5 Å². The monoisotopic (exact) mass is 451 g/mol. The molecule has 1 aliphatic rings. The molecular weight excluding hydrogens is 430 g/mol. The molecule has 0 saturated heterocycles. The van der Waals surface area contributed by atoms with Crippen molar-refractivity contribution in [1.82, 2.24) is 5.32 Å². The summed E-state index contributed by atoms with van der Waals surface area (Å²) in [6, 6.07) is 13.6. The van der Waals surface area contributed by atoms with Crippen LogP contribution in [0.4, 0.5) is 4.79 Å². The van der Waals surface area contributed by atoms with E-state index in [0.29, 0.717) is 5.02 Å². The highest BCUT2D eigenvalue weighted by atomic mass is 79.9. The molecule has 1 amide bonds. The van der Waals surface area contributed by atoms with E-state index in [1.807, 2.05) is 57.2 Å². The topological polar surface area (TPSA) is 47.6 Å². The van der Waals surface area contributed by atoms with Gasteiger partial charge in [-0.15, -0.1) is 0 Å². The van der Waals surface area contributed by atoms with Gasteiger partial charge in [-0.25, -0.2) is 4.79 Å². The van der Waals surface area contributed by atoms with Crippen molar-refractivity contribution >= 4 is 33.6 Å². The number of halogens is 2. The van der Waals surface area contributed by atoms with Crippen LogP contribution < -0.4 is 10.1 Å². The van der Waals surface area contributed by atoms with Gasteiger partial charge < -0.3 is 14.8 Å². The lowest BCUT2D eigenvalue weighted by atomic mass is 9.80. The summed E-state index contributed by atoms with van der Waals surface area (Å²) in [7, 11) is 0. The van der Waals surface area contributed by atoms with Crippen LogP contribution in [0.2, 0.25) is 5.02 Å². The van der Waals surface area contributed by atoms with E-state index in [9.17, 15) is 4.79 Å². The van der Waals surface area contributed by atoms with E-state index in [1.165, 1.54) is 0 Å². The Labute approximate surface area is 173 Å². The lowest BCUT2D eigenvalue weighted by molar-refractivity contribution is 0.0364. The standard InChI is InChI=1S/C21H23BrClNO3/c1-13-17-16(11-10-15(23)18(17)22)26-21(13,14-8-6-5-7-9-14)12-24-19(25)27-20(2,3)4/h5-11,13H,12H2,1-4H3,(H,24,25)/t13-,21+/m0/s1. The minimum Gasteiger partial charge on any atom is -0.480 e. The van der Waals surface area contributed by atoms with Crippen molar-refractivity contribution < 1.29 is 14.3 Å². The lowest BCUT2D eigenvalue weighted by Crippen LogP contribution is -2.47. The Morgan fingerprint density at radius 3 is 2.56 bits per heavy atom. The first-order chi connectivity index (χ1) is 12.6. The highest BCUT2D eigenvalue weighted by molar-refractivity contribution is 9.10. The Kier molecular flexibility index (Phi) is 5.46. The highest BCUT2D eigenvalue weighted by Crippen LogP contribution is 2.53. The summed E-state index contributed by atoms with van der Waals surface area (Å²) in [4.78, 5) is 12.3.